The zero-order chi connectivity index (χ0) is 17.0. The van der Waals surface area contributed by atoms with Crippen molar-refractivity contribution in [2.75, 3.05) is 32.0 Å². The van der Waals surface area contributed by atoms with Crippen molar-refractivity contribution in [2.45, 2.75) is 39.7 Å². The van der Waals surface area contributed by atoms with Crippen LogP contribution in [-0.2, 0) is 10.1 Å². The van der Waals surface area contributed by atoms with Gasteiger partial charge < -0.3 is 28.0 Å². The number of aliphatic hydroxyl groups excluding tert-OH is 1. The van der Waals surface area contributed by atoms with Gasteiger partial charge in [0.25, 0.3) is 10.1 Å². The van der Waals surface area contributed by atoms with Crippen LogP contribution in [0.2, 0.25) is 0 Å². The Hall–Kier alpha value is -0.290. The van der Waals surface area contributed by atoms with E-state index in [9.17, 15) is 8.42 Å². The highest BCUT2D eigenvalue weighted by atomic mass is 32.2. The minimum Gasteiger partial charge on any atom is -0.395 e. The van der Waals surface area contributed by atoms with E-state index in [4.69, 9.17) is 32.6 Å². The van der Waals surface area contributed by atoms with Gasteiger partial charge in [-0.05, 0) is 19.0 Å². The first kappa shape index (κ1) is 28.0. The topological polar surface area (TPSA) is 179 Å². The monoisotopic (exact) mass is 318 g/mol. The molecule has 0 atom stereocenters. The molecule has 0 saturated carbocycles. The molecule has 0 aliphatic carbocycles. The van der Waals surface area contributed by atoms with Crippen molar-refractivity contribution >= 4 is 10.1 Å². The molecular formula is C11H34N4O4S. The van der Waals surface area contributed by atoms with Crippen molar-refractivity contribution in [3.63, 3.8) is 0 Å². The third-order valence-corrected chi connectivity index (χ3v) is 1.81. The van der Waals surface area contributed by atoms with E-state index < -0.39 is 10.1 Å². The number of hydrogen-bond donors (Lipinski definition) is 6. The standard InChI is InChI=1S/C4H11N.C3H9N.C2H7NO3S.C2H7NO/c1-2-3-4-5;1-3(2)4;3-1-2-7(4,5)6;3-1-2-4/h2-5H2,1H3;3H,4H2,1-2H3;1-3H2,(H,4,5,6);4H,1-3H2. The van der Waals surface area contributed by atoms with E-state index in [0.29, 0.717) is 12.6 Å². The van der Waals surface area contributed by atoms with Crippen molar-refractivity contribution in [1.82, 2.24) is 0 Å². The van der Waals surface area contributed by atoms with Crippen LogP contribution in [0.5, 0.6) is 0 Å². The molecule has 0 unspecified atom stereocenters. The number of unbranched alkanes of at least 4 members (excludes halogenated alkanes) is 1. The average Bonchev–Trinajstić information content (AvgIpc) is 2.29. The fraction of sp³-hybridized carbons (Fsp3) is 1.00. The number of aliphatic hydroxyl groups is 1. The van der Waals surface area contributed by atoms with Gasteiger partial charge in [-0.25, -0.2) is 0 Å². The third-order valence-electron chi connectivity index (χ3n) is 1.06. The van der Waals surface area contributed by atoms with E-state index in [1.807, 2.05) is 13.8 Å². The summed E-state index contributed by atoms with van der Waals surface area (Å²) in [6.45, 7) is 7.31. The van der Waals surface area contributed by atoms with Crippen LogP contribution < -0.4 is 22.9 Å². The lowest BCUT2D eigenvalue weighted by Gasteiger charge is -1.86. The minimum absolute atomic E-state index is 0.0289. The molecule has 0 aliphatic heterocycles. The highest BCUT2D eigenvalue weighted by molar-refractivity contribution is 7.85. The second kappa shape index (κ2) is 23.8. The third kappa shape index (κ3) is 110. The van der Waals surface area contributed by atoms with E-state index in [-0.39, 0.29) is 18.9 Å². The molecule has 9 heteroatoms. The van der Waals surface area contributed by atoms with E-state index in [2.05, 4.69) is 6.92 Å². The molecule has 0 saturated heterocycles. The van der Waals surface area contributed by atoms with Crippen molar-refractivity contribution in [3.05, 3.63) is 0 Å². The molecule has 0 bridgehead atoms. The van der Waals surface area contributed by atoms with Gasteiger partial charge in [0, 0.05) is 13.1 Å². The predicted octanol–water partition coefficient (Wildman–Crippen LogP) is -1.13. The quantitative estimate of drug-likeness (QED) is 0.344. The Morgan fingerprint density at radius 3 is 1.40 bits per heavy atom. The molecule has 8 nitrogen and oxygen atoms in total. The molecule has 0 rings (SSSR count). The predicted molar refractivity (Wildman–Crippen MR) is 84.9 cm³/mol. The maximum Gasteiger partial charge on any atom is 0.266 e. The summed E-state index contributed by atoms with van der Waals surface area (Å²) in [6, 6.07) is 0.333. The number of nitrogens with two attached hydrogens (primary N) is 4. The molecule has 0 aromatic rings. The second-order valence-corrected chi connectivity index (χ2v) is 5.55. The fourth-order valence-electron chi connectivity index (χ4n) is 0.353. The van der Waals surface area contributed by atoms with Crippen molar-refractivity contribution in [2.24, 2.45) is 22.9 Å². The van der Waals surface area contributed by atoms with Crippen LogP contribution in [-0.4, -0.2) is 56.1 Å². The van der Waals surface area contributed by atoms with Crippen LogP contribution in [0.1, 0.15) is 33.6 Å². The number of rotatable bonds is 5. The SMILES string of the molecule is CC(C)N.CCCCN.NCCO.NCCS(=O)(=O)O. The lowest BCUT2D eigenvalue weighted by molar-refractivity contribution is 0.306. The van der Waals surface area contributed by atoms with Crippen LogP contribution in [0, 0.1) is 0 Å². The van der Waals surface area contributed by atoms with Gasteiger partial charge >= 0.3 is 0 Å². The summed E-state index contributed by atoms with van der Waals surface area (Å²) in [5.41, 5.74) is 19.8. The first-order chi connectivity index (χ1) is 9.12. The Kier molecular flexibility index (Phi) is 33.2. The summed E-state index contributed by atoms with van der Waals surface area (Å²) in [4.78, 5) is 0. The maximum atomic E-state index is 9.71. The highest BCUT2D eigenvalue weighted by Crippen LogP contribution is 1.77. The molecule has 128 valence electrons. The maximum absolute atomic E-state index is 9.71. The zero-order valence-corrected chi connectivity index (χ0v) is 13.8. The molecule has 0 amide bonds. The molecule has 0 spiro atoms. The molecule has 0 radical (unpaired) electrons. The smallest absolute Gasteiger partial charge is 0.266 e. The Labute approximate surface area is 123 Å². The van der Waals surface area contributed by atoms with Crippen LogP contribution in [0.3, 0.4) is 0 Å². The molecule has 0 aromatic heterocycles. The van der Waals surface area contributed by atoms with Gasteiger partial charge in [-0.1, -0.05) is 27.2 Å². The Balaban J connectivity index is -0.0000000883. The van der Waals surface area contributed by atoms with Crippen molar-refractivity contribution < 1.29 is 18.1 Å². The molecular weight excluding hydrogens is 284 g/mol. The summed E-state index contributed by atoms with van der Waals surface area (Å²) in [5, 5.41) is 7.75. The summed E-state index contributed by atoms with van der Waals surface area (Å²) in [6.07, 6.45) is 2.39. The second-order valence-electron chi connectivity index (χ2n) is 3.97. The van der Waals surface area contributed by atoms with E-state index >= 15 is 0 Å². The molecule has 0 heterocycles. The van der Waals surface area contributed by atoms with Crippen LogP contribution in [0.15, 0.2) is 0 Å². The largest absolute Gasteiger partial charge is 0.395 e. The fourth-order valence-corrected chi connectivity index (χ4v) is 0.651. The molecule has 20 heavy (non-hydrogen) atoms. The average molecular weight is 318 g/mol. The summed E-state index contributed by atoms with van der Waals surface area (Å²) in [5.74, 6) is -0.354. The zero-order valence-electron chi connectivity index (χ0n) is 13.0. The Morgan fingerprint density at radius 2 is 1.40 bits per heavy atom. The van der Waals surface area contributed by atoms with Crippen molar-refractivity contribution in [1.29, 1.82) is 0 Å². The lowest BCUT2D eigenvalue weighted by atomic mass is 10.3. The molecule has 0 aliphatic rings. The van der Waals surface area contributed by atoms with Crippen LogP contribution in [0.25, 0.3) is 0 Å². The van der Waals surface area contributed by atoms with E-state index in [0.717, 1.165) is 6.54 Å². The molecule has 0 fully saturated rings. The van der Waals surface area contributed by atoms with Gasteiger partial charge in [0.1, 0.15) is 0 Å². The molecule has 0 aromatic carbocycles. The van der Waals surface area contributed by atoms with Crippen LogP contribution in [0.4, 0.5) is 0 Å². The minimum atomic E-state index is -3.80. The first-order valence-electron chi connectivity index (χ1n) is 6.54. The van der Waals surface area contributed by atoms with Gasteiger partial charge in [0.2, 0.25) is 0 Å². The Bertz CT molecular complexity index is 230. The van der Waals surface area contributed by atoms with Crippen LogP contribution >= 0.6 is 0 Å². The first-order valence-corrected chi connectivity index (χ1v) is 8.15. The van der Waals surface area contributed by atoms with Gasteiger partial charge in [-0.3, -0.25) is 4.55 Å². The van der Waals surface area contributed by atoms with E-state index in [1.165, 1.54) is 12.8 Å². The summed E-state index contributed by atoms with van der Waals surface area (Å²) in [7, 11) is -3.80. The van der Waals surface area contributed by atoms with Gasteiger partial charge in [0.05, 0.1) is 12.4 Å². The van der Waals surface area contributed by atoms with E-state index in [1.54, 1.807) is 0 Å². The summed E-state index contributed by atoms with van der Waals surface area (Å²) < 4.78 is 27.3. The highest BCUT2D eigenvalue weighted by Gasteiger charge is 1.98. The lowest BCUT2D eigenvalue weighted by Crippen LogP contribution is -2.13. The van der Waals surface area contributed by atoms with Gasteiger partial charge in [0.15, 0.2) is 0 Å². The van der Waals surface area contributed by atoms with Gasteiger partial charge in [-0.15, -0.1) is 0 Å². The summed E-state index contributed by atoms with van der Waals surface area (Å²) >= 11 is 0. The molecule has 10 N–H and O–H groups in total. The Morgan fingerprint density at radius 1 is 1.05 bits per heavy atom. The number of hydrogen-bond acceptors (Lipinski definition) is 7. The normalized spacial score (nSPS) is 9.50. The van der Waals surface area contributed by atoms with Crippen molar-refractivity contribution in [3.8, 4) is 0 Å². The van der Waals surface area contributed by atoms with Gasteiger partial charge in [-0.2, -0.15) is 8.42 Å².